The van der Waals surface area contributed by atoms with Gasteiger partial charge in [0.05, 0.1) is 0 Å². The second-order valence-electron chi connectivity index (χ2n) is 5.03. The molecule has 0 aliphatic heterocycles. The number of nitrogens with two attached hydrogens (primary N) is 1. The first-order valence-corrected chi connectivity index (χ1v) is 7.24. The van der Waals surface area contributed by atoms with Gasteiger partial charge in [0.15, 0.2) is 0 Å². The van der Waals surface area contributed by atoms with Crippen molar-refractivity contribution in [2.45, 2.75) is 26.3 Å². The van der Waals surface area contributed by atoms with Gasteiger partial charge < -0.3 is 5.73 Å². The zero-order valence-electron chi connectivity index (χ0n) is 12.1. The first kappa shape index (κ1) is 14.5. The molecule has 0 saturated carbocycles. The van der Waals surface area contributed by atoms with Crippen molar-refractivity contribution in [3.8, 4) is 0 Å². The molecular formula is C17H23N3. The fourth-order valence-electron chi connectivity index (χ4n) is 2.35. The van der Waals surface area contributed by atoms with E-state index in [1.807, 2.05) is 24.5 Å². The Labute approximate surface area is 121 Å². The number of aryl methyl sites for hydroxylation is 1. The molecule has 1 aromatic carbocycles. The Morgan fingerprint density at radius 3 is 2.55 bits per heavy atom. The number of pyridine rings is 1. The van der Waals surface area contributed by atoms with Crippen LogP contribution in [0.1, 0.15) is 24.5 Å². The zero-order valence-corrected chi connectivity index (χ0v) is 12.1. The molecule has 0 aliphatic carbocycles. The molecule has 20 heavy (non-hydrogen) atoms. The Hall–Kier alpha value is -1.87. The summed E-state index contributed by atoms with van der Waals surface area (Å²) in [5.41, 5.74) is 9.46. The summed E-state index contributed by atoms with van der Waals surface area (Å²) in [6, 6.07) is 12.3. The summed E-state index contributed by atoms with van der Waals surface area (Å²) in [7, 11) is 0. The third kappa shape index (κ3) is 4.35. The fourth-order valence-corrected chi connectivity index (χ4v) is 2.35. The van der Waals surface area contributed by atoms with E-state index in [-0.39, 0.29) is 0 Å². The third-order valence-electron chi connectivity index (χ3n) is 3.58. The van der Waals surface area contributed by atoms with Gasteiger partial charge in [-0.2, -0.15) is 0 Å². The molecule has 0 bridgehead atoms. The molecule has 106 valence electrons. The quantitative estimate of drug-likeness (QED) is 0.785. The summed E-state index contributed by atoms with van der Waals surface area (Å²) in [6.45, 7) is 5.35. The minimum absolute atomic E-state index is 0.907. The average molecular weight is 269 g/mol. The van der Waals surface area contributed by atoms with E-state index in [4.69, 9.17) is 5.73 Å². The second-order valence-corrected chi connectivity index (χ2v) is 5.03. The molecule has 0 spiro atoms. The van der Waals surface area contributed by atoms with Crippen molar-refractivity contribution >= 4 is 5.69 Å². The number of nitrogen functional groups attached to an aromatic ring is 1. The van der Waals surface area contributed by atoms with Crippen molar-refractivity contribution in [1.29, 1.82) is 0 Å². The lowest BCUT2D eigenvalue weighted by Gasteiger charge is -2.20. The van der Waals surface area contributed by atoms with Crippen molar-refractivity contribution in [2.24, 2.45) is 0 Å². The molecule has 0 amide bonds. The highest BCUT2D eigenvalue weighted by molar-refractivity contribution is 5.46. The number of benzene rings is 1. The lowest BCUT2D eigenvalue weighted by atomic mass is 10.1. The van der Waals surface area contributed by atoms with Gasteiger partial charge in [-0.05, 0) is 55.3 Å². The molecule has 3 heteroatoms. The molecule has 0 radical (unpaired) electrons. The van der Waals surface area contributed by atoms with Gasteiger partial charge in [0.1, 0.15) is 0 Å². The van der Waals surface area contributed by atoms with Gasteiger partial charge >= 0.3 is 0 Å². The van der Waals surface area contributed by atoms with Gasteiger partial charge in [-0.15, -0.1) is 0 Å². The third-order valence-corrected chi connectivity index (χ3v) is 3.58. The van der Waals surface area contributed by atoms with Crippen molar-refractivity contribution in [2.75, 3.05) is 18.8 Å². The highest BCUT2D eigenvalue weighted by Gasteiger charge is 2.04. The van der Waals surface area contributed by atoms with Crippen LogP contribution in [0.5, 0.6) is 0 Å². The van der Waals surface area contributed by atoms with Gasteiger partial charge in [0, 0.05) is 24.6 Å². The summed E-state index contributed by atoms with van der Waals surface area (Å²) < 4.78 is 0. The van der Waals surface area contributed by atoms with Crippen LogP contribution in [0.4, 0.5) is 5.69 Å². The Balaban J connectivity index is 1.81. The van der Waals surface area contributed by atoms with E-state index in [0.717, 1.165) is 38.2 Å². The molecule has 2 rings (SSSR count). The normalized spacial score (nSPS) is 10.9. The van der Waals surface area contributed by atoms with Gasteiger partial charge in [0.2, 0.25) is 0 Å². The molecule has 0 atom stereocenters. The molecule has 0 saturated heterocycles. The van der Waals surface area contributed by atoms with Crippen LogP contribution < -0.4 is 5.73 Å². The average Bonchev–Trinajstić information content (AvgIpc) is 2.49. The maximum absolute atomic E-state index is 5.97. The van der Waals surface area contributed by atoms with Crippen molar-refractivity contribution < 1.29 is 0 Å². The number of hydrogen-bond donors (Lipinski definition) is 1. The van der Waals surface area contributed by atoms with Crippen molar-refractivity contribution in [1.82, 2.24) is 9.88 Å². The maximum atomic E-state index is 5.97. The molecular weight excluding hydrogens is 246 g/mol. The van der Waals surface area contributed by atoms with Crippen LogP contribution in [-0.2, 0) is 13.0 Å². The smallest absolute Gasteiger partial charge is 0.0346 e. The standard InChI is InChI=1S/C17H23N3/c1-2-20(14-15-9-11-19-12-10-15)13-5-7-16-6-3-4-8-17(16)18/h3-4,6,8-12H,2,5,7,13-14,18H2,1H3. The van der Waals surface area contributed by atoms with Crippen molar-refractivity contribution in [3.63, 3.8) is 0 Å². The molecule has 0 unspecified atom stereocenters. The number of aromatic nitrogens is 1. The predicted molar refractivity (Wildman–Crippen MR) is 84.4 cm³/mol. The lowest BCUT2D eigenvalue weighted by Crippen LogP contribution is -2.24. The lowest BCUT2D eigenvalue weighted by molar-refractivity contribution is 0.276. The second kappa shape index (κ2) is 7.65. The number of hydrogen-bond acceptors (Lipinski definition) is 3. The fraction of sp³-hybridized carbons (Fsp3) is 0.353. The molecule has 0 aliphatic rings. The summed E-state index contributed by atoms with van der Waals surface area (Å²) in [6.07, 6.45) is 5.88. The Kier molecular flexibility index (Phi) is 5.56. The van der Waals surface area contributed by atoms with E-state index in [1.54, 1.807) is 0 Å². The van der Waals surface area contributed by atoms with Crippen LogP contribution in [0, 0.1) is 0 Å². The maximum Gasteiger partial charge on any atom is 0.0346 e. The Morgan fingerprint density at radius 2 is 1.85 bits per heavy atom. The van der Waals surface area contributed by atoms with Crippen LogP contribution in [0.3, 0.4) is 0 Å². The van der Waals surface area contributed by atoms with Crippen LogP contribution in [0.2, 0.25) is 0 Å². The zero-order chi connectivity index (χ0) is 14.2. The number of anilines is 1. The minimum atomic E-state index is 0.907. The van der Waals surface area contributed by atoms with E-state index < -0.39 is 0 Å². The van der Waals surface area contributed by atoms with E-state index in [9.17, 15) is 0 Å². The predicted octanol–water partition coefficient (Wildman–Crippen LogP) is 3.12. The summed E-state index contributed by atoms with van der Waals surface area (Å²) in [5.74, 6) is 0. The SMILES string of the molecule is CCN(CCCc1ccccc1N)Cc1ccncc1. The topological polar surface area (TPSA) is 42.1 Å². The summed E-state index contributed by atoms with van der Waals surface area (Å²) in [4.78, 5) is 6.51. The van der Waals surface area contributed by atoms with E-state index in [0.29, 0.717) is 0 Å². The number of para-hydroxylation sites is 1. The minimum Gasteiger partial charge on any atom is -0.399 e. The van der Waals surface area contributed by atoms with Gasteiger partial charge in [0.25, 0.3) is 0 Å². The highest BCUT2D eigenvalue weighted by atomic mass is 15.1. The van der Waals surface area contributed by atoms with Crippen LogP contribution in [0.15, 0.2) is 48.8 Å². The molecule has 1 aromatic heterocycles. The first-order valence-electron chi connectivity index (χ1n) is 7.24. The molecule has 3 nitrogen and oxygen atoms in total. The van der Waals surface area contributed by atoms with Crippen molar-refractivity contribution in [3.05, 3.63) is 59.9 Å². The largest absolute Gasteiger partial charge is 0.399 e. The van der Waals surface area contributed by atoms with Gasteiger partial charge in [-0.25, -0.2) is 0 Å². The molecule has 2 aromatic rings. The van der Waals surface area contributed by atoms with E-state index in [1.165, 1.54) is 11.1 Å². The van der Waals surface area contributed by atoms with Crippen LogP contribution in [-0.4, -0.2) is 23.0 Å². The number of rotatable bonds is 7. The Bertz CT molecular complexity index is 511. The number of nitrogens with zero attached hydrogens (tertiary/aromatic N) is 2. The summed E-state index contributed by atoms with van der Waals surface area (Å²) >= 11 is 0. The van der Waals surface area contributed by atoms with Crippen LogP contribution >= 0.6 is 0 Å². The van der Waals surface area contributed by atoms with E-state index in [2.05, 4.69) is 41.1 Å². The van der Waals surface area contributed by atoms with Crippen LogP contribution in [0.25, 0.3) is 0 Å². The summed E-state index contributed by atoms with van der Waals surface area (Å²) in [5, 5.41) is 0. The molecule has 0 fully saturated rings. The monoisotopic (exact) mass is 269 g/mol. The first-order chi connectivity index (χ1) is 9.79. The Morgan fingerprint density at radius 1 is 1.10 bits per heavy atom. The van der Waals surface area contributed by atoms with E-state index >= 15 is 0 Å². The highest BCUT2D eigenvalue weighted by Crippen LogP contribution is 2.13. The molecule has 1 heterocycles. The van der Waals surface area contributed by atoms with Gasteiger partial charge in [-0.3, -0.25) is 9.88 Å². The van der Waals surface area contributed by atoms with Gasteiger partial charge in [-0.1, -0.05) is 25.1 Å². The molecule has 2 N–H and O–H groups in total.